The van der Waals surface area contributed by atoms with Gasteiger partial charge in [0.15, 0.2) is 0 Å². The Hall–Kier alpha value is -3.41. The fraction of sp³-hybridized carbons (Fsp3) is 0.346. The number of carbonyl (C=O) groups is 3. The summed E-state index contributed by atoms with van der Waals surface area (Å²) in [5.41, 5.74) is 1.82. The number of rotatable bonds is 5. The summed E-state index contributed by atoms with van der Waals surface area (Å²) in [5.74, 6) is 1.32. The maximum absolute atomic E-state index is 13.2. The van der Waals surface area contributed by atoms with E-state index in [0.29, 0.717) is 28.8 Å². The highest BCUT2D eigenvalue weighted by atomic mass is 16.5. The third-order valence-electron chi connectivity index (χ3n) is 7.55. The molecule has 7 rings (SSSR count). The van der Waals surface area contributed by atoms with Crippen molar-refractivity contribution in [2.24, 2.45) is 35.5 Å². The molecule has 1 saturated heterocycles. The summed E-state index contributed by atoms with van der Waals surface area (Å²) in [6, 6.07) is 13.8. The summed E-state index contributed by atoms with van der Waals surface area (Å²) >= 11 is 0. The first-order valence-electron chi connectivity index (χ1n) is 11.0. The largest absolute Gasteiger partial charge is 0.497 e. The minimum Gasteiger partial charge on any atom is -0.497 e. The van der Waals surface area contributed by atoms with E-state index in [1.807, 2.05) is 0 Å². The average molecular weight is 429 g/mol. The maximum atomic E-state index is 13.2. The SMILES string of the molecule is COc1ccc(C(=O)OCc2ccc(N3C(=O)[C@@H]4[C@@H]5C=C[C@@H]([C@H]6C[C@@H]56)[C@@H]4C3=O)cc2)cc1. The van der Waals surface area contributed by atoms with E-state index in [-0.39, 0.29) is 42.1 Å². The molecule has 1 aliphatic heterocycles. The molecule has 162 valence electrons. The van der Waals surface area contributed by atoms with Crippen molar-refractivity contribution < 1.29 is 23.9 Å². The van der Waals surface area contributed by atoms with Crippen molar-refractivity contribution in [2.75, 3.05) is 12.0 Å². The molecular weight excluding hydrogens is 406 g/mol. The standard InChI is InChI=1S/C26H23NO5/c1-31-17-8-4-15(5-9-17)26(30)32-13-14-2-6-16(7-3-14)27-24(28)22-18-10-11-19(21-12-20(18)21)23(22)25(27)29/h2-11,18-23H,12-13H2,1H3/t18-,19+,20+,21-,22-,23+. The van der Waals surface area contributed by atoms with Crippen LogP contribution < -0.4 is 9.64 Å². The average Bonchev–Trinajstić information content (AvgIpc) is 3.61. The summed E-state index contributed by atoms with van der Waals surface area (Å²) < 4.78 is 10.5. The molecule has 0 unspecified atom stereocenters. The molecule has 0 spiro atoms. The van der Waals surface area contributed by atoms with E-state index >= 15 is 0 Å². The summed E-state index contributed by atoms with van der Waals surface area (Å²) in [6.45, 7) is 0.107. The van der Waals surface area contributed by atoms with Crippen LogP contribution in [0, 0.1) is 35.5 Å². The van der Waals surface area contributed by atoms with Gasteiger partial charge in [-0.2, -0.15) is 0 Å². The summed E-state index contributed by atoms with van der Waals surface area (Å²) in [4.78, 5) is 40.0. The number of esters is 1. The number of carbonyl (C=O) groups excluding carboxylic acids is 3. The van der Waals surface area contributed by atoms with Crippen LogP contribution in [0.25, 0.3) is 0 Å². The van der Waals surface area contributed by atoms with E-state index in [1.54, 1.807) is 55.6 Å². The van der Waals surface area contributed by atoms with E-state index in [1.165, 1.54) is 4.90 Å². The van der Waals surface area contributed by atoms with Crippen molar-refractivity contribution in [3.05, 3.63) is 71.8 Å². The van der Waals surface area contributed by atoms with Gasteiger partial charge in [0.2, 0.25) is 11.8 Å². The minimum absolute atomic E-state index is 0.0663. The van der Waals surface area contributed by atoms with Gasteiger partial charge in [-0.3, -0.25) is 14.5 Å². The number of nitrogens with zero attached hydrogens (tertiary/aromatic N) is 1. The predicted molar refractivity (Wildman–Crippen MR) is 116 cm³/mol. The maximum Gasteiger partial charge on any atom is 0.338 e. The Bertz CT molecular complexity index is 1100. The van der Waals surface area contributed by atoms with Crippen molar-refractivity contribution in [3.8, 4) is 5.75 Å². The van der Waals surface area contributed by atoms with Gasteiger partial charge >= 0.3 is 5.97 Å². The lowest BCUT2D eigenvalue weighted by atomic mass is 9.63. The van der Waals surface area contributed by atoms with Gasteiger partial charge in [0.25, 0.3) is 0 Å². The Balaban J connectivity index is 1.14. The second kappa shape index (κ2) is 7.05. The Kier molecular flexibility index (Phi) is 4.25. The lowest BCUT2D eigenvalue weighted by Gasteiger charge is -2.37. The molecule has 2 bridgehead atoms. The van der Waals surface area contributed by atoms with Gasteiger partial charge in [0.05, 0.1) is 30.2 Å². The van der Waals surface area contributed by atoms with Crippen LogP contribution in [0.4, 0.5) is 5.69 Å². The molecule has 0 N–H and O–H groups in total. The second-order valence-corrected chi connectivity index (χ2v) is 9.14. The first kappa shape index (κ1) is 19.3. The third-order valence-corrected chi connectivity index (χ3v) is 7.55. The molecule has 6 heteroatoms. The van der Waals surface area contributed by atoms with Gasteiger partial charge in [-0.1, -0.05) is 24.3 Å². The van der Waals surface area contributed by atoms with Crippen LogP contribution >= 0.6 is 0 Å². The number of allylic oxidation sites excluding steroid dienone is 2. The highest BCUT2D eigenvalue weighted by Gasteiger charge is 2.67. The molecule has 2 amide bonds. The molecule has 2 aromatic carbocycles. The number of imide groups is 1. The van der Waals surface area contributed by atoms with Gasteiger partial charge in [-0.25, -0.2) is 4.79 Å². The van der Waals surface area contributed by atoms with E-state index < -0.39 is 5.97 Å². The predicted octanol–water partition coefficient (Wildman–Crippen LogP) is 3.61. The molecule has 0 aromatic heterocycles. The normalized spacial score (nSPS) is 31.3. The van der Waals surface area contributed by atoms with Crippen molar-refractivity contribution in [2.45, 2.75) is 13.0 Å². The summed E-state index contributed by atoms with van der Waals surface area (Å²) in [6.07, 6.45) is 5.50. The number of anilines is 1. The first-order chi connectivity index (χ1) is 15.6. The fourth-order valence-corrected chi connectivity index (χ4v) is 5.91. The van der Waals surface area contributed by atoms with Crippen LogP contribution in [0.15, 0.2) is 60.7 Å². The molecule has 4 aliphatic carbocycles. The van der Waals surface area contributed by atoms with Gasteiger partial charge < -0.3 is 9.47 Å². The second-order valence-electron chi connectivity index (χ2n) is 9.14. The minimum atomic E-state index is -0.424. The smallest absolute Gasteiger partial charge is 0.338 e. The molecule has 5 aliphatic rings. The van der Waals surface area contributed by atoms with Gasteiger partial charge in [0.1, 0.15) is 12.4 Å². The number of hydrogen-bond acceptors (Lipinski definition) is 5. The number of benzene rings is 2. The Labute approximate surface area is 185 Å². The summed E-state index contributed by atoms with van der Waals surface area (Å²) in [7, 11) is 1.57. The molecule has 0 radical (unpaired) electrons. The topological polar surface area (TPSA) is 72.9 Å². The van der Waals surface area contributed by atoms with Gasteiger partial charge in [-0.15, -0.1) is 0 Å². The van der Waals surface area contributed by atoms with Gasteiger partial charge in [-0.05, 0) is 72.1 Å². The van der Waals surface area contributed by atoms with Crippen molar-refractivity contribution in [1.29, 1.82) is 0 Å². The Morgan fingerprint density at radius 1 is 0.906 bits per heavy atom. The molecule has 2 saturated carbocycles. The number of amides is 2. The first-order valence-corrected chi connectivity index (χ1v) is 11.0. The zero-order valence-corrected chi connectivity index (χ0v) is 17.6. The highest BCUT2D eigenvalue weighted by molar-refractivity contribution is 6.22. The Morgan fingerprint density at radius 2 is 1.50 bits per heavy atom. The number of methoxy groups -OCH3 is 1. The number of ether oxygens (including phenoxy) is 2. The van der Waals surface area contributed by atoms with Crippen molar-refractivity contribution >= 4 is 23.5 Å². The summed E-state index contributed by atoms with van der Waals surface area (Å²) in [5, 5.41) is 0. The molecule has 6 nitrogen and oxygen atoms in total. The van der Waals surface area contributed by atoms with Gasteiger partial charge in [0, 0.05) is 0 Å². The monoisotopic (exact) mass is 429 g/mol. The zero-order valence-electron chi connectivity index (χ0n) is 17.6. The van der Waals surface area contributed by atoms with Crippen LogP contribution in [0.5, 0.6) is 5.75 Å². The molecule has 32 heavy (non-hydrogen) atoms. The molecule has 3 fully saturated rings. The lowest BCUT2D eigenvalue weighted by molar-refractivity contribution is -0.124. The van der Waals surface area contributed by atoms with Crippen molar-refractivity contribution in [1.82, 2.24) is 0 Å². The fourth-order valence-electron chi connectivity index (χ4n) is 5.91. The molecule has 1 heterocycles. The lowest BCUT2D eigenvalue weighted by Crippen LogP contribution is -2.40. The van der Waals surface area contributed by atoms with E-state index in [2.05, 4.69) is 12.2 Å². The van der Waals surface area contributed by atoms with Crippen molar-refractivity contribution in [3.63, 3.8) is 0 Å². The van der Waals surface area contributed by atoms with Crippen LogP contribution in [-0.2, 0) is 20.9 Å². The van der Waals surface area contributed by atoms with E-state index in [0.717, 1.165) is 12.0 Å². The Morgan fingerprint density at radius 3 is 2.06 bits per heavy atom. The zero-order chi connectivity index (χ0) is 22.0. The van der Waals surface area contributed by atoms with Crippen LogP contribution in [0.1, 0.15) is 22.3 Å². The highest BCUT2D eigenvalue weighted by Crippen LogP contribution is 2.65. The van der Waals surface area contributed by atoms with Crippen LogP contribution in [0.3, 0.4) is 0 Å². The van der Waals surface area contributed by atoms with Crippen LogP contribution in [-0.4, -0.2) is 24.9 Å². The molecular formula is C26H23NO5. The quantitative estimate of drug-likeness (QED) is 0.413. The molecule has 6 atom stereocenters. The van der Waals surface area contributed by atoms with Crippen LogP contribution in [0.2, 0.25) is 0 Å². The molecule has 2 aromatic rings. The van der Waals surface area contributed by atoms with E-state index in [4.69, 9.17) is 9.47 Å². The third kappa shape index (κ3) is 2.82. The van der Waals surface area contributed by atoms with E-state index in [9.17, 15) is 14.4 Å². The number of hydrogen-bond donors (Lipinski definition) is 0.